The van der Waals surface area contributed by atoms with Crippen LogP contribution in [0.1, 0.15) is 21.6 Å². The summed E-state index contributed by atoms with van der Waals surface area (Å²) in [4.78, 5) is 21.1. The minimum absolute atomic E-state index is 0.0173. The predicted octanol–water partition coefficient (Wildman–Crippen LogP) is 1.74. The van der Waals surface area contributed by atoms with Crippen molar-refractivity contribution in [3.05, 3.63) is 53.5 Å². The molecule has 0 aliphatic carbocycles. The summed E-state index contributed by atoms with van der Waals surface area (Å²) in [5, 5.41) is 8.94. The van der Waals surface area contributed by atoms with E-state index in [0.29, 0.717) is 5.82 Å². The minimum Gasteiger partial charge on any atom is -0.476 e. The van der Waals surface area contributed by atoms with Gasteiger partial charge in [0, 0.05) is 13.1 Å². The van der Waals surface area contributed by atoms with Crippen molar-refractivity contribution in [1.29, 1.82) is 0 Å². The van der Waals surface area contributed by atoms with Gasteiger partial charge in [-0.05, 0) is 17.5 Å². The van der Waals surface area contributed by atoms with Gasteiger partial charge in [-0.25, -0.2) is 9.78 Å². The normalized spacial score (nSPS) is 14.0. The second kappa shape index (κ2) is 4.68. The molecular weight excluding hydrogens is 242 g/mol. The van der Waals surface area contributed by atoms with E-state index >= 15 is 0 Å². The molecule has 0 spiro atoms. The Hall–Kier alpha value is -2.43. The van der Waals surface area contributed by atoms with E-state index in [2.05, 4.69) is 27.0 Å². The fourth-order valence-corrected chi connectivity index (χ4v) is 2.30. The van der Waals surface area contributed by atoms with Crippen LogP contribution in [0.15, 0.2) is 36.7 Å². The summed E-state index contributed by atoms with van der Waals surface area (Å²) >= 11 is 0. The lowest BCUT2D eigenvalue weighted by Gasteiger charge is -2.29. The van der Waals surface area contributed by atoms with Gasteiger partial charge in [0.1, 0.15) is 5.82 Å². The SMILES string of the molecule is O=C(O)c1cncc(N2CCc3ccccc3C2)n1. The van der Waals surface area contributed by atoms with Crippen LogP contribution in [-0.2, 0) is 13.0 Å². The van der Waals surface area contributed by atoms with E-state index in [4.69, 9.17) is 5.11 Å². The highest BCUT2D eigenvalue weighted by molar-refractivity contribution is 5.85. The van der Waals surface area contributed by atoms with E-state index in [-0.39, 0.29) is 5.69 Å². The molecule has 0 amide bonds. The molecule has 0 unspecified atom stereocenters. The Bertz CT molecular complexity index is 628. The van der Waals surface area contributed by atoms with Crippen molar-refractivity contribution in [2.24, 2.45) is 0 Å². The molecule has 1 aliphatic heterocycles. The third kappa shape index (κ3) is 2.27. The summed E-state index contributed by atoms with van der Waals surface area (Å²) in [6.07, 6.45) is 3.82. The summed E-state index contributed by atoms with van der Waals surface area (Å²) in [7, 11) is 0. The Labute approximate surface area is 110 Å². The lowest BCUT2D eigenvalue weighted by molar-refractivity contribution is 0.0690. The lowest BCUT2D eigenvalue weighted by Crippen LogP contribution is -2.31. The van der Waals surface area contributed by atoms with Gasteiger partial charge in [0.05, 0.1) is 12.4 Å². The van der Waals surface area contributed by atoms with Crippen LogP contribution >= 0.6 is 0 Å². The van der Waals surface area contributed by atoms with Crippen molar-refractivity contribution in [3.63, 3.8) is 0 Å². The molecule has 5 nitrogen and oxygen atoms in total. The molecule has 0 saturated heterocycles. The van der Waals surface area contributed by atoms with Crippen molar-refractivity contribution in [1.82, 2.24) is 9.97 Å². The zero-order valence-corrected chi connectivity index (χ0v) is 10.3. The summed E-state index contributed by atoms with van der Waals surface area (Å²) < 4.78 is 0. The van der Waals surface area contributed by atoms with Crippen LogP contribution in [-0.4, -0.2) is 27.6 Å². The number of hydrogen-bond donors (Lipinski definition) is 1. The zero-order valence-electron chi connectivity index (χ0n) is 10.3. The Morgan fingerprint density at radius 1 is 1.21 bits per heavy atom. The summed E-state index contributed by atoms with van der Waals surface area (Å²) in [6, 6.07) is 8.28. The largest absolute Gasteiger partial charge is 0.476 e. The third-order valence-electron chi connectivity index (χ3n) is 3.30. The number of aromatic nitrogens is 2. The minimum atomic E-state index is -1.05. The van der Waals surface area contributed by atoms with Crippen LogP contribution in [0.25, 0.3) is 0 Å². The van der Waals surface area contributed by atoms with Crippen LogP contribution in [0.5, 0.6) is 0 Å². The molecule has 1 N–H and O–H groups in total. The fraction of sp³-hybridized carbons (Fsp3) is 0.214. The highest BCUT2D eigenvalue weighted by Crippen LogP contribution is 2.22. The van der Waals surface area contributed by atoms with E-state index in [0.717, 1.165) is 19.5 Å². The molecule has 1 aliphatic rings. The number of benzene rings is 1. The summed E-state index contributed by atoms with van der Waals surface area (Å²) in [5.74, 6) is -0.429. The molecule has 5 heteroatoms. The average molecular weight is 255 g/mol. The average Bonchev–Trinajstić information content (AvgIpc) is 2.47. The van der Waals surface area contributed by atoms with Crippen molar-refractivity contribution >= 4 is 11.8 Å². The molecule has 0 atom stereocenters. The first kappa shape index (κ1) is 11.6. The van der Waals surface area contributed by atoms with E-state index in [1.807, 2.05) is 12.1 Å². The van der Waals surface area contributed by atoms with Gasteiger partial charge in [-0.2, -0.15) is 0 Å². The molecule has 0 bridgehead atoms. The van der Waals surface area contributed by atoms with Crippen LogP contribution < -0.4 is 4.90 Å². The lowest BCUT2D eigenvalue weighted by atomic mass is 10.0. The Balaban J connectivity index is 1.89. The first-order valence-electron chi connectivity index (χ1n) is 6.11. The maximum absolute atomic E-state index is 10.9. The van der Waals surface area contributed by atoms with Gasteiger partial charge in [-0.3, -0.25) is 4.98 Å². The second-order valence-corrected chi connectivity index (χ2v) is 4.51. The number of nitrogens with zero attached hydrogens (tertiary/aromatic N) is 3. The molecule has 96 valence electrons. The van der Waals surface area contributed by atoms with Crippen LogP contribution in [0, 0.1) is 0 Å². The molecule has 0 saturated carbocycles. The monoisotopic (exact) mass is 255 g/mol. The number of carboxylic acids is 1. The molecule has 0 radical (unpaired) electrons. The van der Waals surface area contributed by atoms with Crippen molar-refractivity contribution in [2.45, 2.75) is 13.0 Å². The molecule has 0 fully saturated rings. The zero-order chi connectivity index (χ0) is 13.2. The van der Waals surface area contributed by atoms with Gasteiger partial charge >= 0.3 is 5.97 Å². The third-order valence-corrected chi connectivity index (χ3v) is 3.30. The smallest absolute Gasteiger partial charge is 0.356 e. The van der Waals surface area contributed by atoms with Gasteiger partial charge in [0.2, 0.25) is 0 Å². The highest BCUT2D eigenvalue weighted by atomic mass is 16.4. The quantitative estimate of drug-likeness (QED) is 0.885. The molecule has 3 rings (SSSR count). The van der Waals surface area contributed by atoms with E-state index in [1.54, 1.807) is 6.20 Å². The Morgan fingerprint density at radius 3 is 2.79 bits per heavy atom. The van der Waals surface area contributed by atoms with Crippen molar-refractivity contribution in [2.75, 3.05) is 11.4 Å². The van der Waals surface area contributed by atoms with Crippen molar-refractivity contribution < 1.29 is 9.90 Å². The number of carbonyl (C=O) groups is 1. The number of carboxylic acid groups (broad SMARTS) is 1. The fourth-order valence-electron chi connectivity index (χ4n) is 2.30. The van der Waals surface area contributed by atoms with E-state index in [9.17, 15) is 4.79 Å². The first-order valence-corrected chi connectivity index (χ1v) is 6.11. The van der Waals surface area contributed by atoms with Crippen LogP contribution in [0.2, 0.25) is 0 Å². The maximum Gasteiger partial charge on any atom is 0.356 e. The Kier molecular flexibility index (Phi) is 2.87. The molecule has 1 aromatic carbocycles. The predicted molar refractivity (Wildman–Crippen MR) is 70.2 cm³/mol. The second-order valence-electron chi connectivity index (χ2n) is 4.51. The van der Waals surface area contributed by atoms with Crippen LogP contribution in [0.4, 0.5) is 5.82 Å². The highest BCUT2D eigenvalue weighted by Gasteiger charge is 2.18. The number of fused-ring (bicyclic) bond motifs is 1. The molecule has 19 heavy (non-hydrogen) atoms. The molecular formula is C14H13N3O2. The van der Waals surface area contributed by atoms with Crippen molar-refractivity contribution in [3.8, 4) is 0 Å². The Morgan fingerprint density at radius 2 is 2.00 bits per heavy atom. The molecule has 2 heterocycles. The number of aromatic carboxylic acids is 1. The standard InChI is InChI=1S/C14H13N3O2/c18-14(19)12-7-15-8-13(16-12)17-6-5-10-3-1-2-4-11(10)9-17/h1-4,7-8H,5-6,9H2,(H,18,19). The van der Waals surface area contributed by atoms with E-state index < -0.39 is 5.97 Å². The topological polar surface area (TPSA) is 66.3 Å². The van der Waals surface area contributed by atoms with E-state index in [1.165, 1.54) is 17.3 Å². The molecule has 1 aromatic heterocycles. The molecule has 2 aromatic rings. The maximum atomic E-state index is 10.9. The first-order chi connectivity index (χ1) is 9.24. The van der Waals surface area contributed by atoms with Gasteiger partial charge in [-0.15, -0.1) is 0 Å². The summed E-state index contributed by atoms with van der Waals surface area (Å²) in [5.41, 5.74) is 2.59. The van der Waals surface area contributed by atoms with Gasteiger partial charge < -0.3 is 10.0 Å². The number of anilines is 1. The van der Waals surface area contributed by atoms with Gasteiger partial charge in [0.25, 0.3) is 0 Å². The van der Waals surface area contributed by atoms with Gasteiger partial charge in [-0.1, -0.05) is 24.3 Å². The van der Waals surface area contributed by atoms with Crippen LogP contribution in [0.3, 0.4) is 0 Å². The van der Waals surface area contributed by atoms with Gasteiger partial charge in [0.15, 0.2) is 5.69 Å². The number of hydrogen-bond acceptors (Lipinski definition) is 4. The number of rotatable bonds is 2. The summed E-state index contributed by atoms with van der Waals surface area (Å²) in [6.45, 7) is 1.57.